The summed E-state index contributed by atoms with van der Waals surface area (Å²) in [5, 5.41) is 3.56. The van der Waals surface area contributed by atoms with Crippen LogP contribution in [-0.4, -0.2) is 6.54 Å². The zero-order valence-corrected chi connectivity index (χ0v) is 12.3. The van der Waals surface area contributed by atoms with Crippen molar-refractivity contribution in [1.82, 2.24) is 5.32 Å². The van der Waals surface area contributed by atoms with Crippen LogP contribution in [0, 0.1) is 5.92 Å². The van der Waals surface area contributed by atoms with E-state index in [1.54, 1.807) is 0 Å². The van der Waals surface area contributed by atoms with Gasteiger partial charge < -0.3 is 5.32 Å². The van der Waals surface area contributed by atoms with E-state index in [-0.39, 0.29) is 0 Å². The second-order valence-corrected chi connectivity index (χ2v) is 5.59. The Balaban J connectivity index is 2.38. The van der Waals surface area contributed by atoms with Crippen LogP contribution >= 0.6 is 0 Å². The monoisotopic (exact) mass is 247 g/mol. The minimum Gasteiger partial charge on any atom is -0.313 e. The van der Waals surface area contributed by atoms with Crippen LogP contribution < -0.4 is 5.32 Å². The van der Waals surface area contributed by atoms with Crippen LogP contribution in [0.2, 0.25) is 0 Å². The second kappa shape index (κ2) is 9.16. The highest BCUT2D eigenvalue weighted by Crippen LogP contribution is 2.14. The summed E-state index contributed by atoms with van der Waals surface area (Å²) in [6.45, 7) is 9.02. The molecule has 0 atom stereocenters. The molecule has 0 aliphatic rings. The van der Waals surface area contributed by atoms with Crippen molar-refractivity contribution in [2.24, 2.45) is 5.92 Å². The van der Waals surface area contributed by atoms with Crippen molar-refractivity contribution in [3.05, 3.63) is 35.4 Å². The molecule has 1 nitrogen and oxygen atoms in total. The first-order valence-corrected chi connectivity index (χ1v) is 7.51. The normalized spacial score (nSPS) is 11.1. The standard InChI is InChI=1S/C17H29N/c1-4-5-8-13-18-14-17-10-7-6-9-16(17)12-11-15(2)3/h6-7,9-10,15,18H,4-5,8,11-14H2,1-3H3. The summed E-state index contributed by atoms with van der Waals surface area (Å²) < 4.78 is 0. The molecular formula is C17H29N. The molecule has 0 heterocycles. The van der Waals surface area contributed by atoms with E-state index in [0.29, 0.717) is 0 Å². The lowest BCUT2D eigenvalue weighted by atomic mass is 9.98. The minimum absolute atomic E-state index is 0.788. The van der Waals surface area contributed by atoms with Crippen molar-refractivity contribution in [3.63, 3.8) is 0 Å². The number of hydrogen-bond donors (Lipinski definition) is 1. The first kappa shape index (κ1) is 15.2. The van der Waals surface area contributed by atoms with Gasteiger partial charge in [0.15, 0.2) is 0 Å². The molecule has 0 aromatic heterocycles. The SMILES string of the molecule is CCCCCNCc1ccccc1CCC(C)C. The van der Waals surface area contributed by atoms with Gasteiger partial charge in [0.2, 0.25) is 0 Å². The van der Waals surface area contributed by atoms with Crippen molar-refractivity contribution >= 4 is 0 Å². The fraction of sp³-hybridized carbons (Fsp3) is 0.647. The van der Waals surface area contributed by atoms with Crippen molar-refractivity contribution in [1.29, 1.82) is 0 Å². The van der Waals surface area contributed by atoms with E-state index in [9.17, 15) is 0 Å². The molecule has 0 saturated carbocycles. The summed E-state index contributed by atoms with van der Waals surface area (Å²) in [4.78, 5) is 0. The Bertz CT molecular complexity index is 317. The zero-order valence-electron chi connectivity index (χ0n) is 12.3. The van der Waals surface area contributed by atoms with E-state index in [0.717, 1.165) is 19.0 Å². The quantitative estimate of drug-likeness (QED) is 0.631. The number of hydrogen-bond acceptors (Lipinski definition) is 1. The van der Waals surface area contributed by atoms with Crippen LogP contribution in [-0.2, 0) is 13.0 Å². The Morgan fingerprint density at radius 3 is 2.44 bits per heavy atom. The molecule has 0 bridgehead atoms. The molecule has 0 radical (unpaired) electrons. The molecule has 0 aliphatic carbocycles. The van der Waals surface area contributed by atoms with Gasteiger partial charge in [-0.2, -0.15) is 0 Å². The van der Waals surface area contributed by atoms with Crippen LogP contribution in [0.4, 0.5) is 0 Å². The average molecular weight is 247 g/mol. The molecule has 0 spiro atoms. The molecule has 102 valence electrons. The highest BCUT2D eigenvalue weighted by Gasteiger charge is 2.02. The summed E-state index contributed by atoms with van der Waals surface area (Å²) in [6.07, 6.45) is 6.43. The molecule has 0 saturated heterocycles. The number of nitrogens with one attached hydrogen (secondary N) is 1. The molecule has 0 fully saturated rings. The first-order valence-electron chi connectivity index (χ1n) is 7.51. The Hall–Kier alpha value is -0.820. The third-order valence-corrected chi connectivity index (χ3v) is 3.38. The minimum atomic E-state index is 0.788. The van der Waals surface area contributed by atoms with Gasteiger partial charge in [-0.25, -0.2) is 0 Å². The zero-order chi connectivity index (χ0) is 13.2. The maximum absolute atomic E-state index is 3.56. The van der Waals surface area contributed by atoms with Crippen molar-refractivity contribution in [2.45, 2.75) is 59.4 Å². The molecule has 18 heavy (non-hydrogen) atoms. The van der Waals surface area contributed by atoms with Crippen LogP contribution in [0.3, 0.4) is 0 Å². The van der Waals surface area contributed by atoms with Gasteiger partial charge in [-0.1, -0.05) is 57.9 Å². The van der Waals surface area contributed by atoms with Gasteiger partial charge >= 0.3 is 0 Å². The summed E-state index contributed by atoms with van der Waals surface area (Å²) in [5.41, 5.74) is 3.00. The van der Waals surface area contributed by atoms with Crippen molar-refractivity contribution in [3.8, 4) is 0 Å². The topological polar surface area (TPSA) is 12.0 Å². The van der Waals surface area contributed by atoms with Crippen molar-refractivity contribution in [2.75, 3.05) is 6.54 Å². The lowest BCUT2D eigenvalue weighted by molar-refractivity contribution is 0.579. The third-order valence-electron chi connectivity index (χ3n) is 3.38. The van der Waals surface area contributed by atoms with Gasteiger partial charge in [0.1, 0.15) is 0 Å². The van der Waals surface area contributed by atoms with Crippen LogP contribution in [0.5, 0.6) is 0 Å². The van der Waals surface area contributed by atoms with Crippen LogP contribution in [0.1, 0.15) is 57.6 Å². The van der Waals surface area contributed by atoms with Gasteiger partial charge in [-0.3, -0.25) is 0 Å². The lowest BCUT2D eigenvalue weighted by Crippen LogP contribution is -2.15. The van der Waals surface area contributed by atoms with E-state index >= 15 is 0 Å². The second-order valence-electron chi connectivity index (χ2n) is 5.59. The van der Waals surface area contributed by atoms with E-state index < -0.39 is 0 Å². The number of benzene rings is 1. The van der Waals surface area contributed by atoms with E-state index in [1.807, 2.05) is 0 Å². The Morgan fingerprint density at radius 1 is 1.06 bits per heavy atom. The first-order chi connectivity index (χ1) is 8.74. The molecule has 1 aromatic carbocycles. The summed E-state index contributed by atoms with van der Waals surface area (Å²) in [5.74, 6) is 0.788. The maximum Gasteiger partial charge on any atom is 0.0208 e. The Labute approximate surface area is 113 Å². The van der Waals surface area contributed by atoms with Gasteiger partial charge in [0.05, 0.1) is 0 Å². The fourth-order valence-electron chi connectivity index (χ4n) is 2.14. The average Bonchev–Trinajstić information content (AvgIpc) is 2.37. The smallest absolute Gasteiger partial charge is 0.0208 e. The largest absolute Gasteiger partial charge is 0.313 e. The van der Waals surface area contributed by atoms with Crippen LogP contribution in [0.25, 0.3) is 0 Å². The predicted octanol–water partition coefficient (Wildman–Crippen LogP) is 4.56. The Kier molecular flexibility index (Phi) is 7.75. The van der Waals surface area contributed by atoms with Crippen molar-refractivity contribution < 1.29 is 0 Å². The number of aryl methyl sites for hydroxylation is 1. The predicted molar refractivity (Wildman–Crippen MR) is 80.8 cm³/mol. The maximum atomic E-state index is 3.56. The van der Waals surface area contributed by atoms with Crippen LogP contribution in [0.15, 0.2) is 24.3 Å². The summed E-state index contributed by atoms with van der Waals surface area (Å²) in [7, 11) is 0. The van der Waals surface area contributed by atoms with E-state index in [2.05, 4.69) is 50.4 Å². The van der Waals surface area contributed by atoms with E-state index in [1.165, 1.54) is 43.2 Å². The molecule has 1 N–H and O–H groups in total. The number of rotatable bonds is 9. The molecular weight excluding hydrogens is 218 g/mol. The lowest BCUT2D eigenvalue weighted by Gasteiger charge is -2.11. The molecule has 1 rings (SSSR count). The summed E-state index contributed by atoms with van der Waals surface area (Å²) >= 11 is 0. The van der Waals surface area contributed by atoms with E-state index in [4.69, 9.17) is 0 Å². The molecule has 1 aromatic rings. The number of unbranched alkanes of at least 4 members (excludes halogenated alkanes) is 2. The molecule has 0 amide bonds. The molecule has 0 unspecified atom stereocenters. The van der Waals surface area contributed by atoms with Gasteiger partial charge in [0, 0.05) is 6.54 Å². The highest BCUT2D eigenvalue weighted by molar-refractivity contribution is 5.27. The summed E-state index contributed by atoms with van der Waals surface area (Å²) in [6, 6.07) is 8.87. The fourth-order valence-corrected chi connectivity index (χ4v) is 2.14. The Morgan fingerprint density at radius 2 is 1.78 bits per heavy atom. The van der Waals surface area contributed by atoms with Gasteiger partial charge in [0.25, 0.3) is 0 Å². The third kappa shape index (κ3) is 6.20. The van der Waals surface area contributed by atoms with Gasteiger partial charge in [-0.05, 0) is 42.9 Å². The van der Waals surface area contributed by atoms with Gasteiger partial charge in [-0.15, -0.1) is 0 Å². The highest BCUT2D eigenvalue weighted by atomic mass is 14.8. The molecule has 1 heteroatoms. The molecule has 0 aliphatic heterocycles.